The van der Waals surface area contributed by atoms with Gasteiger partial charge in [-0.2, -0.15) is 0 Å². The fourth-order valence-corrected chi connectivity index (χ4v) is 8.48. The van der Waals surface area contributed by atoms with Crippen LogP contribution in [0.4, 0.5) is 0 Å². The Morgan fingerprint density at radius 1 is 0.507 bits per heavy atom. The second-order valence-electron chi connectivity index (χ2n) is 20.3. The van der Waals surface area contributed by atoms with E-state index >= 15 is 0 Å². The summed E-state index contributed by atoms with van der Waals surface area (Å²) >= 11 is 0. The maximum absolute atomic E-state index is 13.0. The Kier molecular flexibility index (Phi) is 50.0. The van der Waals surface area contributed by atoms with Gasteiger partial charge in [0.05, 0.1) is 39.9 Å². The first-order valence-corrected chi connectivity index (χ1v) is 30.2. The van der Waals surface area contributed by atoms with Crippen molar-refractivity contribution in [2.45, 2.75) is 238 Å². The first-order valence-electron chi connectivity index (χ1n) is 28.7. The number of rotatable bonds is 51. The molecule has 2 N–H and O–H groups in total. The molecule has 0 heterocycles. The highest BCUT2D eigenvalue weighted by Crippen LogP contribution is 2.38. The molecule has 0 radical (unpaired) electrons. The van der Waals surface area contributed by atoms with Gasteiger partial charge in [-0.05, 0) is 83.5 Å². The predicted molar refractivity (Wildman–Crippen MR) is 306 cm³/mol. The van der Waals surface area contributed by atoms with Crippen molar-refractivity contribution in [1.29, 1.82) is 0 Å². The number of aliphatic hydroxyl groups is 1. The summed E-state index contributed by atoms with van der Waals surface area (Å²) in [6.07, 6.45) is 75.8. The molecule has 3 atom stereocenters. The fourth-order valence-electron chi connectivity index (χ4n) is 7.76. The molecular weight excluding hydrogens is 900 g/mol. The Morgan fingerprint density at radius 3 is 1.25 bits per heavy atom. The second-order valence-corrected chi connectivity index (χ2v) is 21.7. The van der Waals surface area contributed by atoms with E-state index in [0.717, 1.165) is 103 Å². The topological polar surface area (TPSA) is 108 Å². The number of phosphoric ester groups is 1. The molecular formula is C62H109N2O6P. The van der Waals surface area contributed by atoms with Crippen LogP contribution in [0.3, 0.4) is 0 Å². The molecule has 0 aliphatic rings. The summed E-state index contributed by atoms with van der Waals surface area (Å²) in [5.41, 5.74) is 0. The molecule has 0 aromatic rings. The Bertz CT molecular complexity index is 1520. The average molecular weight is 1010 g/mol. The van der Waals surface area contributed by atoms with E-state index in [1.807, 2.05) is 27.2 Å². The monoisotopic (exact) mass is 1010 g/mol. The molecule has 71 heavy (non-hydrogen) atoms. The summed E-state index contributed by atoms with van der Waals surface area (Å²) < 4.78 is 23.3. The Balaban J connectivity index is 4.22. The van der Waals surface area contributed by atoms with Gasteiger partial charge in [0.25, 0.3) is 7.82 Å². The summed E-state index contributed by atoms with van der Waals surface area (Å²) in [6.45, 7) is 4.52. The van der Waals surface area contributed by atoms with Crippen LogP contribution in [0.2, 0.25) is 0 Å². The number of hydrogen-bond acceptors (Lipinski definition) is 6. The molecule has 0 saturated heterocycles. The van der Waals surface area contributed by atoms with Crippen LogP contribution in [-0.2, 0) is 18.4 Å². The third kappa shape index (κ3) is 54.8. The normalized spacial score (nSPS) is 14.7. The van der Waals surface area contributed by atoms with Crippen molar-refractivity contribution < 1.29 is 32.9 Å². The minimum absolute atomic E-state index is 0.00790. The lowest BCUT2D eigenvalue weighted by molar-refractivity contribution is -0.870. The highest BCUT2D eigenvalue weighted by molar-refractivity contribution is 7.45. The molecule has 0 rings (SSSR count). The van der Waals surface area contributed by atoms with Gasteiger partial charge >= 0.3 is 0 Å². The molecule has 0 bridgehead atoms. The number of unbranched alkanes of at least 4 members (excludes halogenated alkanes) is 22. The summed E-state index contributed by atoms with van der Waals surface area (Å²) in [5.74, 6) is -0.210. The molecule has 0 spiro atoms. The molecule has 0 aromatic carbocycles. The molecule has 3 unspecified atom stereocenters. The zero-order valence-electron chi connectivity index (χ0n) is 46.4. The van der Waals surface area contributed by atoms with Gasteiger partial charge in [0.2, 0.25) is 5.91 Å². The van der Waals surface area contributed by atoms with E-state index in [0.29, 0.717) is 17.4 Å². The number of carbonyl (C=O) groups is 1. The van der Waals surface area contributed by atoms with Crippen LogP contribution in [0.25, 0.3) is 0 Å². The van der Waals surface area contributed by atoms with Crippen molar-refractivity contribution >= 4 is 13.7 Å². The molecule has 8 nitrogen and oxygen atoms in total. The first kappa shape index (κ1) is 68.2. The van der Waals surface area contributed by atoms with E-state index in [1.54, 1.807) is 6.08 Å². The van der Waals surface area contributed by atoms with Gasteiger partial charge in [0, 0.05) is 6.42 Å². The maximum Gasteiger partial charge on any atom is 0.268 e. The number of quaternary nitrogens is 1. The lowest BCUT2D eigenvalue weighted by Crippen LogP contribution is -2.45. The molecule has 9 heteroatoms. The summed E-state index contributed by atoms with van der Waals surface area (Å²) in [7, 11) is 1.24. The minimum Gasteiger partial charge on any atom is -0.756 e. The van der Waals surface area contributed by atoms with Crippen LogP contribution in [0.1, 0.15) is 226 Å². The largest absolute Gasteiger partial charge is 0.756 e. The Hall–Kier alpha value is -2.84. The van der Waals surface area contributed by atoms with Crippen molar-refractivity contribution in [1.82, 2.24) is 5.32 Å². The van der Waals surface area contributed by atoms with E-state index in [1.165, 1.54) is 103 Å². The zero-order valence-corrected chi connectivity index (χ0v) is 47.3. The summed E-state index contributed by atoms with van der Waals surface area (Å²) in [6, 6.07) is -0.898. The lowest BCUT2D eigenvalue weighted by Gasteiger charge is -2.29. The number of amides is 1. The number of nitrogens with one attached hydrogen (secondary N) is 1. The van der Waals surface area contributed by atoms with Gasteiger partial charge in [0.1, 0.15) is 13.2 Å². The minimum atomic E-state index is -4.60. The number of likely N-dealkylation sites (N-methyl/N-ethyl adjacent to an activating group) is 1. The zero-order chi connectivity index (χ0) is 52.0. The van der Waals surface area contributed by atoms with Crippen LogP contribution >= 0.6 is 7.82 Å². The number of nitrogens with zero attached hydrogens (tertiary/aromatic N) is 1. The number of aliphatic hydroxyl groups excluding tert-OH is 1. The molecule has 0 aromatic heterocycles. The summed E-state index contributed by atoms with van der Waals surface area (Å²) in [5, 5.41) is 13.9. The highest BCUT2D eigenvalue weighted by Gasteiger charge is 2.23. The van der Waals surface area contributed by atoms with Crippen molar-refractivity contribution in [2.24, 2.45) is 0 Å². The molecule has 0 saturated carbocycles. The number of carbonyl (C=O) groups excluding carboxylic acids is 1. The van der Waals surface area contributed by atoms with Crippen molar-refractivity contribution in [2.75, 3.05) is 40.9 Å². The van der Waals surface area contributed by atoms with E-state index in [2.05, 4.69) is 116 Å². The molecule has 0 aliphatic heterocycles. The number of phosphoric acid groups is 1. The predicted octanol–water partition coefficient (Wildman–Crippen LogP) is 17.0. The standard InChI is InChI=1S/C62H109N2O6P/c1-6-8-10-12-14-16-18-20-22-24-25-26-27-28-29-30-31-32-33-34-35-36-37-38-39-40-42-44-46-48-50-52-54-56-62(66)63-60(59-70-71(67,68)69-58-57-64(3,4)5)61(65)55-53-51-49-47-45-43-41-23-21-19-17-15-13-11-9-7-2/h8,10,14,16,20,22,25-26,28-29,31-32,34-35,37-38,53,55,60-61,65H,6-7,9,11-13,15,17-19,21,23-24,27,30,33,36,39-52,54,56-59H2,1-5H3,(H-,63,66,67,68)/b10-8-,16-14-,22-20-,26-25-,29-28-,32-31-,35-34-,38-37-,55-53+. The Labute approximate surface area is 438 Å². The average Bonchev–Trinajstić information content (AvgIpc) is 3.33. The van der Waals surface area contributed by atoms with Crippen molar-refractivity contribution in [3.8, 4) is 0 Å². The van der Waals surface area contributed by atoms with Crippen LogP contribution in [0.5, 0.6) is 0 Å². The van der Waals surface area contributed by atoms with Crippen LogP contribution < -0.4 is 10.2 Å². The molecule has 1 amide bonds. The second kappa shape index (κ2) is 52.0. The van der Waals surface area contributed by atoms with Crippen molar-refractivity contribution in [3.05, 3.63) is 109 Å². The maximum atomic E-state index is 13.0. The third-order valence-electron chi connectivity index (χ3n) is 12.2. The van der Waals surface area contributed by atoms with E-state index in [9.17, 15) is 19.4 Å². The van der Waals surface area contributed by atoms with Crippen molar-refractivity contribution in [3.63, 3.8) is 0 Å². The van der Waals surface area contributed by atoms with Crippen LogP contribution in [0, 0.1) is 0 Å². The van der Waals surface area contributed by atoms with E-state index in [4.69, 9.17) is 9.05 Å². The van der Waals surface area contributed by atoms with Crippen LogP contribution in [-0.4, -0.2) is 68.5 Å². The first-order chi connectivity index (χ1) is 34.5. The molecule has 408 valence electrons. The van der Waals surface area contributed by atoms with E-state index in [-0.39, 0.29) is 19.1 Å². The molecule has 0 fully saturated rings. The van der Waals surface area contributed by atoms with Crippen LogP contribution in [0.15, 0.2) is 109 Å². The summed E-state index contributed by atoms with van der Waals surface area (Å²) in [4.78, 5) is 25.5. The van der Waals surface area contributed by atoms with Gasteiger partial charge < -0.3 is 28.8 Å². The fraction of sp³-hybridized carbons (Fsp3) is 0.694. The number of allylic oxidation sites excluding steroid dienone is 17. The van der Waals surface area contributed by atoms with Gasteiger partial charge in [-0.15, -0.1) is 0 Å². The quantitative estimate of drug-likeness (QED) is 0.0272. The van der Waals surface area contributed by atoms with Gasteiger partial charge in [-0.1, -0.05) is 245 Å². The van der Waals surface area contributed by atoms with Gasteiger partial charge in [0.15, 0.2) is 0 Å². The van der Waals surface area contributed by atoms with Gasteiger partial charge in [-0.25, -0.2) is 0 Å². The van der Waals surface area contributed by atoms with E-state index < -0.39 is 20.0 Å². The molecule has 0 aliphatic carbocycles. The number of hydrogen-bond donors (Lipinski definition) is 2. The smallest absolute Gasteiger partial charge is 0.268 e. The third-order valence-corrected chi connectivity index (χ3v) is 13.2. The lowest BCUT2D eigenvalue weighted by atomic mass is 10.0. The highest BCUT2D eigenvalue weighted by atomic mass is 31.2. The Morgan fingerprint density at radius 2 is 0.859 bits per heavy atom. The van der Waals surface area contributed by atoms with Gasteiger partial charge in [-0.3, -0.25) is 9.36 Å². The SMILES string of the molecule is CC/C=C\C/C=C\C/C=C\C/C=C\C/C=C\C/C=C\C/C=C\C/C=C\CCCCCCCCCCC(=O)NC(COP(=O)([O-])OCC[N+](C)(C)C)C(O)/C=C/CCCCCCCCCCCCCCCC.